The van der Waals surface area contributed by atoms with Gasteiger partial charge in [-0.2, -0.15) is 0 Å². The van der Waals surface area contributed by atoms with Crippen LogP contribution in [-0.4, -0.2) is 31.0 Å². The summed E-state index contributed by atoms with van der Waals surface area (Å²) in [7, 11) is 1.63. The van der Waals surface area contributed by atoms with Gasteiger partial charge in [-0.25, -0.2) is 0 Å². The molecule has 0 atom stereocenters. The molecule has 1 rings (SSSR count). The molecule has 0 radical (unpaired) electrons. The van der Waals surface area contributed by atoms with E-state index in [1.807, 2.05) is 19.1 Å². The summed E-state index contributed by atoms with van der Waals surface area (Å²) in [6.07, 6.45) is 0.711. The van der Waals surface area contributed by atoms with Crippen molar-refractivity contribution in [2.24, 2.45) is 0 Å². The lowest BCUT2D eigenvalue weighted by atomic mass is 10.0. The van der Waals surface area contributed by atoms with Crippen LogP contribution in [0, 0.1) is 0 Å². The number of halogens is 1. The summed E-state index contributed by atoms with van der Waals surface area (Å²) in [5.74, 6) is 1.45. The van der Waals surface area contributed by atoms with Gasteiger partial charge in [-0.05, 0) is 60.8 Å². The highest BCUT2D eigenvalue weighted by molar-refractivity contribution is 9.10. The summed E-state index contributed by atoms with van der Waals surface area (Å²) >= 11 is 3.51. The van der Waals surface area contributed by atoms with Crippen LogP contribution in [0.5, 0.6) is 11.5 Å². The van der Waals surface area contributed by atoms with E-state index in [1.54, 1.807) is 7.11 Å². The minimum atomic E-state index is -0.104. The Hall–Kier alpha value is -0.780. The van der Waals surface area contributed by atoms with Crippen LogP contribution in [0.3, 0.4) is 0 Å². The monoisotopic (exact) mass is 345 g/mol. The number of ether oxygens (including phenoxy) is 2. The Morgan fingerprint density at radius 1 is 1.35 bits per heavy atom. The van der Waals surface area contributed by atoms with Crippen LogP contribution in [0.15, 0.2) is 16.6 Å². The molecule has 5 heteroatoms. The number of benzene rings is 1. The Morgan fingerprint density at radius 2 is 2.05 bits per heavy atom. The van der Waals surface area contributed by atoms with Gasteiger partial charge in [-0.1, -0.05) is 0 Å². The van der Waals surface area contributed by atoms with Crippen LogP contribution in [0.2, 0.25) is 0 Å². The highest BCUT2D eigenvalue weighted by Gasteiger charge is 2.17. The van der Waals surface area contributed by atoms with E-state index in [1.165, 1.54) is 0 Å². The predicted octanol–water partition coefficient (Wildman–Crippen LogP) is 3.11. The van der Waals surface area contributed by atoms with Crippen LogP contribution >= 0.6 is 15.9 Å². The Bertz CT molecular complexity index is 435. The fourth-order valence-electron chi connectivity index (χ4n) is 1.89. The first kappa shape index (κ1) is 17.3. The van der Waals surface area contributed by atoms with E-state index in [2.05, 4.69) is 35.1 Å². The highest BCUT2D eigenvalue weighted by Crippen LogP contribution is 2.36. The number of hydrogen-bond acceptors (Lipinski definition) is 4. The molecular formula is C15H24BrNO3. The molecule has 1 aromatic carbocycles. The Labute approximate surface area is 129 Å². The standard InChI is InChI=1S/C15H24BrNO3/c1-5-20-13-9-11(8-12(16)14(13)19-4)10-17-15(2,3)6-7-18/h8-9,17-18H,5-7,10H2,1-4H3. The number of hydrogen-bond donors (Lipinski definition) is 2. The summed E-state index contributed by atoms with van der Waals surface area (Å²) in [5, 5.41) is 12.5. The zero-order valence-electron chi connectivity index (χ0n) is 12.6. The fourth-order valence-corrected chi connectivity index (χ4v) is 2.55. The molecular weight excluding hydrogens is 322 g/mol. The van der Waals surface area contributed by atoms with Gasteiger partial charge >= 0.3 is 0 Å². The van der Waals surface area contributed by atoms with Crippen LogP contribution in [-0.2, 0) is 6.54 Å². The van der Waals surface area contributed by atoms with Crippen molar-refractivity contribution >= 4 is 15.9 Å². The van der Waals surface area contributed by atoms with Crippen LogP contribution in [0.25, 0.3) is 0 Å². The average molecular weight is 346 g/mol. The third kappa shape index (κ3) is 4.96. The molecule has 2 N–H and O–H groups in total. The number of rotatable bonds is 8. The first-order valence-electron chi connectivity index (χ1n) is 6.78. The molecule has 0 bridgehead atoms. The van der Waals surface area contributed by atoms with Crippen molar-refractivity contribution in [1.29, 1.82) is 0 Å². The number of nitrogens with one attached hydrogen (secondary N) is 1. The molecule has 0 saturated carbocycles. The van der Waals surface area contributed by atoms with Gasteiger partial charge in [0.1, 0.15) is 0 Å². The molecule has 0 aliphatic carbocycles. The molecule has 1 aromatic rings. The number of aliphatic hydroxyl groups is 1. The van der Waals surface area contributed by atoms with E-state index in [-0.39, 0.29) is 12.1 Å². The Balaban J connectivity index is 2.86. The molecule has 0 fully saturated rings. The molecule has 20 heavy (non-hydrogen) atoms. The van der Waals surface area contributed by atoms with Gasteiger partial charge in [0.25, 0.3) is 0 Å². The molecule has 0 saturated heterocycles. The lowest BCUT2D eigenvalue weighted by molar-refractivity contribution is 0.230. The molecule has 0 unspecified atom stereocenters. The van der Waals surface area contributed by atoms with E-state index in [9.17, 15) is 0 Å². The summed E-state index contributed by atoms with van der Waals surface area (Å²) in [5.41, 5.74) is 1.000. The molecule has 0 aliphatic heterocycles. The van der Waals surface area contributed by atoms with Gasteiger partial charge in [0.05, 0.1) is 18.2 Å². The first-order chi connectivity index (χ1) is 9.43. The van der Waals surface area contributed by atoms with Crippen molar-refractivity contribution < 1.29 is 14.6 Å². The molecule has 4 nitrogen and oxygen atoms in total. The third-order valence-electron chi connectivity index (χ3n) is 3.08. The zero-order valence-corrected chi connectivity index (χ0v) is 14.2. The van der Waals surface area contributed by atoms with Gasteiger partial charge in [-0.15, -0.1) is 0 Å². The Morgan fingerprint density at radius 3 is 2.60 bits per heavy atom. The van der Waals surface area contributed by atoms with Crippen molar-refractivity contribution in [2.75, 3.05) is 20.3 Å². The van der Waals surface area contributed by atoms with Crippen molar-refractivity contribution in [3.63, 3.8) is 0 Å². The quantitative estimate of drug-likeness (QED) is 0.760. The lowest BCUT2D eigenvalue weighted by Crippen LogP contribution is -2.39. The second-order valence-electron chi connectivity index (χ2n) is 5.25. The topological polar surface area (TPSA) is 50.7 Å². The fraction of sp³-hybridized carbons (Fsp3) is 0.600. The second-order valence-corrected chi connectivity index (χ2v) is 6.11. The van der Waals surface area contributed by atoms with Gasteiger partial charge < -0.3 is 19.9 Å². The second kappa shape index (κ2) is 7.86. The summed E-state index contributed by atoms with van der Waals surface area (Å²) < 4.78 is 11.8. The Kier molecular flexibility index (Phi) is 6.79. The van der Waals surface area contributed by atoms with Crippen molar-refractivity contribution in [3.05, 3.63) is 22.2 Å². The van der Waals surface area contributed by atoms with Crippen LogP contribution < -0.4 is 14.8 Å². The SMILES string of the molecule is CCOc1cc(CNC(C)(C)CCO)cc(Br)c1OC. The maximum Gasteiger partial charge on any atom is 0.174 e. The van der Waals surface area contributed by atoms with E-state index >= 15 is 0 Å². The predicted molar refractivity (Wildman–Crippen MR) is 84.5 cm³/mol. The van der Waals surface area contributed by atoms with Crippen molar-refractivity contribution in [1.82, 2.24) is 5.32 Å². The normalized spacial score (nSPS) is 11.5. The lowest BCUT2D eigenvalue weighted by Gasteiger charge is -2.26. The minimum Gasteiger partial charge on any atom is -0.492 e. The van der Waals surface area contributed by atoms with Gasteiger partial charge in [-0.3, -0.25) is 0 Å². The van der Waals surface area contributed by atoms with E-state index in [0.29, 0.717) is 25.3 Å². The van der Waals surface area contributed by atoms with E-state index in [0.717, 1.165) is 15.8 Å². The van der Waals surface area contributed by atoms with E-state index < -0.39 is 0 Å². The maximum atomic E-state index is 9.04. The van der Waals surface area contributed by atoms with E-state index in [4.69, 9.17) is 14.6 Å². The first-order valence-corrected chi connectivity index (χ1v) is 7.58. The smallest absolute Gasteiger partial charge is 0.174 e. The molecule has 0 aromatic heterocycles. The maximum absolute atomic E-state index is 9.04. The zero-order chi connectivity index (χ0) is 15.2. The van der Waals surface area contributed by atoms with Gasteiger partial charge in [0.2, 0.25) is 0 Å². The van der Waals surface area contributed by atoms with Crippen LogP contribution in [0.1, 0.15) is 32.8 Å². The van der Waals surface area contributed by atoms with Crippen molar-refractivity contribution in [3.8, 4) is 11.5 Å². The average Bonchev–Trinajstić information content (AvgIpc) is 2.37. The number of methoxy groups -OCH3 is 1. The van der Waals surface area contributed by atoms with Gasteiger partial charge in [0.15, 0.2) is 11.5 Å². The summed E-state index contributed by atoms with van der Waals surface area (Å²) in [4.78, 5) is 0. The minimum absolute atomic E-state index is 0.104. The summed E-state index contributed by atoms with van der Waals surface area (Å²) in [6.45, 7) is 7.57. The largest absolute Gasteiger partial charge is 0.492 e. The highest BCUT2D eigenvalue weighted by atomic mass is 79.9. The third-order valence-corrected chi connectivity index (χ3v) is 3.67. The van der Waals surface area contributed by atoms with Crippen LogP contribution in [0.4, 0.5) is 0 Å². The number of aliphatic hydroxyl groups excluding tert-OH is 1. The molecule has 0 spiro atoms. The van der Waals surface area contributed by atoms with Crippen molar-refractivity contribution in [2.45, 2.75) is 39.3 Å². The summed E-state index contributed by atoms with van der Waals surface area (Å²) in [6, 6.07) is 4.00. The molecule has 0 aliphatic rings. The van der Waals surface area contributed by atoms with Gasteiger partial charge in [0, 0.05) is 18.7 Å². The molecule has 0 amide bonds. The molecule has 0 heterocycles. The molecule has 114 valence electrons.